The number of benzene rings is 1. The summed E-state index contributed by atoms with van der Waals surface area (Å²) in [5, 5.41) is 10.1. The Morgan fingerprint density at radius 3 is 1.58 bits per heavy atom. The van der Waals surface area contributed by atoms with Crippen LogP contribution in [0.4, 0.5) is 0 Å². The summed E-state index contributed by atoms with van der Waals surface area (Å²) < 4.78 is 22.1. The van der Waals surface area contributed by atoms with Gasteiger partial charge in [0.05, 0.1) is 31.3 Å². The number of fused-ring (bicyclic) bond motifs is 2. The summed E-state index contributed by atoms with van der Waals surface area (Å²) in [5.41, 5.74) is 0.867. The summed E-state index contributed by atoms with van der Waals surface area (Å²) >= 11 is 0. The number of aliphatic hydroxyl groups is 1. The van der Waals surface area contributed by atoms with E-state index in [1.807, 2.05) is 18.2 Å². The molecule has 1 N–H and O–H groups in total. The molecule has 0 heterocycles. The molecule has 5 aliphatic rings. The molecule has 5 aliphatic carbocycles. The molecule has 0 radical (unpaired) electrons. The van der Waals surface area contributed by atoms with Crippen molar-refractivity contribution in [2.45, 2.75) is 200 Å². The maximum atomic E-state index is 11.6. The third-order valence-electron chi connectivity index (χ3n) is 15.0. The Balaban J connectivity index is 0.000000234. The van der Waals surface area contributed by atoms with Gasteiger partial charge in [0, 0.05) is 17.8 Å². The summed E-state index contributed by atoms with van der Waals surface area (Å²) in [6.45, 7) is 31.3. The van der Waals surface area contributed by atoms with Crippen LogP contribution in [-0.4, -0.2) is 59.0 Å². The Bertz CT molecular complexity index is 1690. The number of hydrogen-bond donors (Lipinski definition) is 1. The van der Waals surface area contributed by atoms with Crippen LogP contribution in [-0.2, 0) is 38.1 Å². The van der Waals surface area contributed by atoms with E-state index in [-0.39, 0.29) is 60.6 Å². The Labute approximate surface area is 399 Å². The Morgan fingerprint density at radius 2 is 1.11 bits per heavy atom. The second-order valence-corrected chi connectivity index (χ2v) is 21.3. The molecule has 66 heavy (non-hydrogen) atoms. The highest BCUT2D eigenvalue weighted by Gasteiger charge is 2.54. The average Bonchev–Trinajstić information content (AvgIpc) is 3.66. The molecule has 11 atom stereocenters. The zero-order valence-corrected chi connectivity index (χ0v) is 42.2. The van der Waals surface area contributed by atoms with Gasteiger partial charge in [-0.25, -0.2) is 0 Å². The summed E-state index contributed by atoms with van der Waals surface area (Å²) in [4.78, 5) is 46.0. The van der Waals surface area contributed by atoms with E-state index >= 15 is 0 Å². The molecule has 370 valence electrons. The van der Waals surface area contributed by atoms with Crippen molar-refractivity contribution < 1.29 is 43.2 Å². The standard InChI is InChI=1S/C16H20O2.C14H24O3.C14H24O2.C13H20O2/c1-2-8-16(17)18-15-12-7-6-11-14(15)13-9-4-3-5-10-13;1-5-6-13(15)17-12-9-10(2)7-8-11(12)14(3,4)16;1-5-6-14(15)16-13-9-11(4)7-8-12(13)10(2)3;1-4-5-12(14)15-11-8-9-6-7-10(11)13(9,2)3/h2-5,9-10,14-15H,1,6-8,11-12H2;5,10-12,16H,1,6-9H2,2-4H3;5,10-13H,1,6-9H2,2-4H3;4,9-11H,1,5-8H2,2-3H3/t14-,15+;10-,11-,12-;11-,12+,13-;/m100./s1. The van der Waals surface area contributed by atoms with Gasteiger partial charge in [0.1, 0.15) is 24.4 Å². The van der Waals surface area contributed by atoms with Crippen LogP contribution in [0.15, 0.2) is 81.0 Å². The number of ether oxygens (including phenoxy) is 4. The molecule has 0 amide bonds. The predicted molar refractivity (Wildman–Crippen MR) is 265 cm³/mol. The fourth-order valence-electron chi connectivity index (χ4n) is 11.3. The topological polar surface area (TPSA) is 125 Å². The molecule has 0 aromatic heterocycles. The molecular formula is C57H88O9. The lowest BCUT2D eigenvalue weighted by Gasteiger charge is -2.40. The maximum Gasteiger partial charge on any atom is 0.309 e. The van der Waals surface area contributed by atoms with E-state index in [2.05, 4.69) is 80.0 Å². The van der Waals surface area contributed by atoms with Gasteiger partial charge in [0.25, 0.3) is 0 Å². The van der Waals surface area contributed by atoms with Gasteiger partial charge in [-0.05, 0) is 119 Å². The van der Waals surface area contributed by atoms with Gasteiger partial charge in [0.2, 0.25) is 0 Å². The second kappa shape index (κ2) is 27.7. The molecule has 0 saturated heterocycles. The van der Waals surface area contributed by atoms with Crippen molar-refractivity contribution in [1.82, 2.24) is 0 Å². The zero-order chi connectivity index (χ0) is 49.0. The van der Waals surface area contributed by atoms with Gasteiger partial charge in [-0.15, -0.1) is 26.3 Å². The fraction of sp³-hybridized carbons (Fsp3) is 0.684. The third-order valence-corrected chi connectivity index (χ3v) is 15.0. The normalized spacial score (nSPS) is 29.6. The van der Waals surface area contributed by atoms with Gasteiger partial charge < -0.3 is 24.1 Å². The van der Waals surface area contributed by atoms with E-state index < -0.39 is 5.60 Å². The predicted octanol–water partition coefficient (Wildman–Crippen LogP) is 13.0. The van der Waals surface area contributed by atoms with Crippen LogP contribution in [0.25, 0.3) is 0 Å². The molecule has 5 saturated carbocycles. The largest absolute Gasteiger partial charge is 0.462 e. The van der Waals surface area contributed by atoms with E-state index in [0.717, 1.165) is 57.3 Å². The van der Waals surface area contributed by atoms with Gasteiger partial charge in [-0.3, -0.25) is 19.2 Å². The highest BCUT2D eigenvalue weighted by atomic mass is 16.6. The first-order valence-electron chi connectivity index (χ1n) is 25.2. The zero-order valence-electron chi connectivity index (χ0n) is 42.2. The first kappa shape index (κ1) is 56.3. The molecule has 0 spiro atoms. The number of esters is 4. The minimum absolute atomic E-state index is 0.0347. The van der Waals surface area contributed by atoms with E-state index in [9.17, 15) is 24.3 Å². The van der Waals surface area contributed by atoms with E-state index in [1.165, 1.54) is 37.7 Å². The minimum Gasteiger partial charge on any atom is -0.462 e. The second-order valence-electron chi connectivity index (χ2n) is 21.3. The van der Waals surface area contributed by atoms with Crippen molar-refractivity contribution in [1.29, 1.82) is 0 Å². The quantitative estimate of drug-likeness (QED) is 0.104. The summed E-state index contributed by atoms with van der Waals surface area (Å²) in [6.07, 6.45) is 22.1. The Kier molecular flexibility index (Phi) is 23.7. The Morgan fingerprint density at radius 1 is 0.636 bits per heavy atom. The number of rotatable bonds is 15. The van der Waals surface area contributed by atoms with Gasteiger partial charge in [-0.1, -0.05) is 115 Å². The lowest BCUT2D eigenvalue weighted by Crippen LogP contribution is -2.44. The number of carbonyl (C=O) groups excluding carboxylic acids is 4. The van der Waals surface area contributed by atoms with Crippen LogP contribution in [0.1, 0.15) is 176 Å². The molecule has 6 rings (SSSR count). The van der Waals surface area contributed by atoms with E-state index in [4.69, 9.17) is 18.9 Å². The van der Waals surface area contributed by atoms with Gasteiger partial charge >= 0.3 is 23.9 Å². The first-order chi connectivity index (χ1) is 31.2. The molecule has 3 unspecified atom stereocenters. The lowest BCUT2D eigenvalue weighted by atomic mass is 9.73. The molecule has 9 nitrogen and oxygen atoms in total. The fourth-order valence-corrected chi connectivity index (χ4v) is 11.3. The minimum atomic E-state index is -0.792. The van der Waals surface area contributed by atoms with Crippen LogP contribution in [0.2, 0.25) is 0 Å². The molecule has 0 aliphatic heterocycles. The van der Waals surface area contributed by atoms with Crippen molar-refractivity contribution in [2.75, 3.05) is 0 Å². The third kappa shape index (κ3) is 17.9. The van der Waals surface area contributed by atoms with Crippen LogP contribution < -0.4 is 0 Å². The first-order valence-corrected chi connectivity index (χ1v) is 25.2. The van der Waals surface area contributed by atoms with Crippen molar-refractivity contribution in [3.63, 3.8) is 0 Å². The monoisotopic (exact) mass is 917 g/mol. The highest BCUT2D eigenvalue weighted by molar-refractivity contribution is 5.72. The van der Waals surface area contributed by atoms with Crippen molar-refractivity contribution in [3.8, 4) is 0 Å². The van der Waals surface area contributed by atoms with Crippen molar-refractivity contribution in [3.05, 3.63) is 86.5 Å². The average molecular weight is 917 g/mol. The van der Waals surface area contributed by atoms with Crippen LogP contribution in [0, 0.1) is 46.8 Å². The van der Waals surface area contributed by atoms with Crippen LogP contribution in [0.3, 0.4) is 0 Å². The number of hydrogen-bond acceptors (Lipinski definition) is 9. The SMILES string of the molecule is C=CCC(=O)OC1CC2CCC1C2(C)C.C=CCC(=O)O[C@H]1CCCC[C@@H]1c1ccccc1.C=CCC(=O)O[C@H]1C[C@@H](C)CC[C@@H]1C(C)(C)O.C=CCC(=O)O[C@H]1C[C@@H](C)CC[C@@H]1C(C)C. The smallest absolute Gasteiger partial charge is 0.309 e. The molecule has 2 bridgehead atoms. The molecule has 9 heteroatoms. The van der Waals surface area contributed by atoms with E-state index in [0.29, 0.717) is 60.2 Å². The maximum absolute atomic E-state index is 11.6. The summed E-state index contributed by atoms with van der Waals surface area (Å²) in [7, 11) is 0. The summed E-state index contributed by atoms with van der Waals surface area (Å²) in [6, 6.07) is 10.4. The molecule has 5 fully saturated rings. The van der Waals surface area contributed by atoms with Crippen LogP contribution >= 0.6 is 0 Å². The van der Waals surface area contributed by atoms with Gasteiger partial charge in [-0.2, -0.15) is 0 Å². The lowest BCUT2D eigenvalue weighted by molar-refractivity contribution is -0.161. The number of carbonyl (C=O) groups is 4. The molecule has 1 aromatic carbocycles. The van der Waals surface area contributed by atoms with Crippen molar-refractivity contribution >= 4 is 23.9 Å². The van der Waals surface area contributed by atoms with Gasteiger partial charge in [0.15, 0.2) is 0 Å². The molecular weight excluding hydrogens is 829 g/mol. The van der Waals surface area contributed by atoms with E-state index in [1.54, 1.807) is 38.2 Å². The highest BCUT2D eigenvalue weighted by Crippen LogP contribution is 2.58. The molecule has 1 aromatic rings. The van der Waals surface area contributed by atoms with Crippen molar-refractivity contribution in [2.24, 2.45) is 46.8 Å². The summed E-state index contributed by atoms with van der Waals surface area (Å²) in [5.74, 6) is 3.44. The van der Waals surface area contributed by atoms with Crippen LogP contribution in [0.5, 0.6) is 0 Å². The Hall–Kier alpha value is -3.98.